The molecule has 3 rings (SSSR count). The van der Waals surface area contributed by atoms with Crippen LogP contribution in [0.15, 0.2) is 18.6 Å². The minimum atomic E-state index is -5.08. The molecule has 0 unspecified atom stereocenters. The summed E-state index contributed by atoms with van der Waals surface area (Å²) in [6.45, 7) is 8.63. The quantitative estimate of drug-likeness (QED) is 0.818. The summed E-state index contributed by atoms with van der Waals surface area (Å²) in [4.78, 5) is 33.9. The number of nitrogens with zero attached hydrogens (tertiary/aromatic N) is 4. The van der Waals surface area contributed by atoms with Crippen LogP contribution in [0.5, 0.6) is 0 Å². The van der Waals surface area contributed by atoms with Crippen molar-refractivity contribution in [2.45, 2.75) is 45.3 Å². The molecule has 0 saturated carbocycles. The third kappa shape index (κ3) is 5.63. The number of piperidine rings is 1. The molecule has 1 N–H and O–H groups in total. The average molecular weight is 402 g/mol. The van der Waals surface area contributed by atoms with E-state index in [9.17, 15) is 18.0 Å². The van der Waals surface area contributed by atoms with E-state index in [4.69, 9.17) is 9.90 Å². The first-order valence-corrected chi connectivity index (χ1v) is 9.13. The van der Waals surface area contributed by atoms with Gasteiger partial charge in [0.05, 0.1) is 6.20 Å². The Balaban J connectivity index is 0.000000345. The highest BCUT2D eigenvalue weighted by molar-refractivity contribution is 5.92. The molecule has 1 aromatic rings. The number of aliphatic carboxylic acids is 1. The molecule has 156 valence electrons. The van der Waals surface area contributed by atoms with Crippen molar-refractivity contribution in [1.82, 2.24) is 19.8 Å². The van der Waals surface area contributed by atoms with E-state index in [0.717, 1.165) is 25.9 Å². The summed E-state index contributed by atoms with van der Waals surface area (Å²) in [7, 11) is 0. The molecule has 1 aromatic heterocycles. The maximum absolute atomic E-state index is 12.4. The number of hydrogen-bond donors (Lipinski definition) is 1. The van der Waals surface area contributed by atoms with Crippen LogP contribution in [0.1, 0.15) is 43.6 Å². The summed E-state index contributed by atoms with van der Waals surface area (Å²) >= 11 is 0. The summed E-state index contributed by atoms with van der Waals surface area (Å²) in [5.41, 5.74) is 0.896. The van der Waals surface area contributed by atoms with Gasteiger partial charge in [-0.1, -0.05) is 0 Å². The number of hydrogen-bond acceptors (Lipinski definition) is 5. The number of rotatable bonds is 2. The normalized spacial score (nSPS) is 19.4. The van der Waals surface area contributed by atoms with Crippen LogP contribution in [0.3, 0.4) is 0 Å². The lowest BCUT2D eigenvalue weighted by molar-refractivity contribution is -0.192. The number of alkyl halides is 3. The van der Waals surface area contributed by atoms with E-state index < -0.39 is 12.1 Å². The van der Waals surface area contributed by atoms with Crippen molar-refractivity contribution in [1.29, 1.82) is 0 Å². The lowest BCUT2D eigenvalue weighted by Gasteiger charge is -2.39. The second kappa shape index (κ2) is 8.85. The predicted octanol–water partition coefficient (Wildman–Crippen LogP) is 2.45. The lowest BCUT2D eigenvalue weighted by atomic mass is 9.77. The van der Waals surface area contributed by atoms with Crippen LogP contribution >= 0.6 is 0 Å². The summed E-state index contributed by atoms with van der Waals surface area (Å²) in [5.74, 6) is -2.73. The number of likely N-dealkylation sites (tertiary alicyclic amines) is 2. The molecule has 0 aliphatic carbocycles. The zero-order chi connectivity index (χ0) is 20.9. The minimum absolute atomic E-state index is 0.0247. The largest absolute Gasteiger partial charge is 0.490 e. The van der Waals surface area contributed by atoms with Crippen molar-refractivity contribution in [2.75, 3.05) is 26.2 Å². The molecule has 2 saturated heterocycles. The number of halogens is 3. The van der Waals surface area contributed by atoms with Gasteiger partial charge in [-0.3, -0.25) is 9.78 Å². The van der Waals surface area contributed by atoms with Crippen molar-refractivity contribution >= 4 is 11.9 Å². The molecular formula is C18H25F3N4O3. The Morgan fingerprint density at radius 2 is 1.71 bits per heavy atom. The number of aromatic nitrogens is 2. The lowest BCUT2D eigenvalue weighted by Crippen LogP contribution is -2.45. The van der Waals surface area contributed by atoms with Crippen molar-refractivity contribution in [3.8, 4) is 0 Å². The summed E-state index contributed by atoms with van der Waals surface area (Å²) in [6.07, 6.45) is 3.16. The van der Waals surface area contributed by atoms with E-state index in [1.54, 1.807) is 18.6 Å². The maximum Gasteiger partial charge on any atom is 0.490 e. The second-order valence-electron chi connectivity index (χ2n) is 7.50. The number of carbonyl (C=O) groups excluding carboxylic acids is 1. The smallest absolute Gasteiger partial charge is 0.475 e. The van der Waals surface area contributed by atoms with Gasteiger partial charge in [0.2, 0.25) is 0 Å². The van der Waals surface area contributed by atoms with Crippen LogP contribution in [-0.2, 0) is 4.79 Å². The SMILES string of the molecule is CC(C)N1CCC2(CCN(C(=O)c3cnccn3)CC2)C1.O=C(O)C(F)(F)F. The van der Waals surface area contributed by atoms with E-state index in [2.05, 4.69) is 28.7 Å². The Labute approximate surface area is 161 Å². The maximum atomic E-state index is 12.4. The second-order valence-corrected chi connectivity index (χ2v) is 7.50. The van der Waals surface area contributed by atoms with Crippen molar-refractivity contribution < 1.29 is 27.9 Å². The van der Waals surface area contributed by atoms with E-state index >= 15 is 0 Å². The van der Waals surface area contributed by atoms with Gasteiger partial charge in [0.15, 0.2) is 0 Å². The summed E-state index contributed by atoms with van der Waals surface area (Å²) in [5, 5.41) is 7.12. The van der Waals surface area contributed by atoms with Gasteiger partial charge in [0.1, 0.15) is 5.69 Å². The van der Waals surface area contributed by atoms with Gasteiger partial charge in [-0.15, -0.1) is 0 Å². The number of amides is 1. The molecule has 0 atom stereocenters. The summed E-state index contributed by atoms with van der Waals surface area (Å²) < 4.78 is 31.7. The Kier molecular flexibility index (Phi) is 6.97. The van der Waals surface area contributed by atoms with Gasteiger partial charge < -0.3 is 14.9 Å². The fraction of sp³-hybridized carbons (Fsp3) is 0.667. The first kappa shape index (κ1) is 22.1. The van der Waals surface area contributed by atoms with Crippen molar-refractivity contribution in [2.24, 2.45) is 5.41 Å². The average Bonchev–Trinajstić information content (AvgIpc) is 3.06. The molecule has 0 bridgehead atoms. The van der Waals surface area contributed by atoms with E-state index in [0.29, 0.717) is 17.2 Å². The molecule has 2 fully saturated rings. The molecular weight excluding hydrogens is 377 g/mol. The first-order valence-electron chi connectivity index (χ1n) is 9.13. The van der Waals surface area contributed by atoms with Crippen LogP contribution in [0.4, 0.5) is 13.2 Å². The Morgan fingerprint density at radius 1 is 1.14 bits per heavy atom. The molecule has 2 aliphatic rings. The fourth-order valence-electron chi connectivity index (χ4n) is 3.57. The van der Waals surface area contributed by atoms with E-state index in [1.165, 1.54) is 19.5 Å². The van der Waals surface area contributed by atoms with E-state index in [-0.39, 0.29) is 5.91 Å². The number of carbonyl (C=O) groups is 2. The van der Waals surface area contributed by atoms with Gasteiger partial charge in [0, 0.05) is 38.1 Å². The van der Waals surface area contributed by atoms with Gasteiger partial charge >= 0.3 is 12.1 Å². The molecule has 10 heteroatoms. The van der Waals surface area contributed by atoms with Gasteiger partial charge in [-0.25, -0.2) is 9.78 Å². The Bertz CT molecular complexity index is 674. The van der Waals surface area contributed by atoms with E-state index in [1.807, 2.05) is 4.90 Å². The molecule has 0 aromatic carbocycles. The molecule has 7 nitrogen and oxygen atoms in total. The topological polar surface area (TPSA) is 86.6 Å². The first-order chi connectivity index (χ1) is 13.0. The highest BCUT2D eigenvalue weighted by Gasteiger charge is 2.42. The van der Waals surface area contributed by atoms with Crippen LogP contribution in [0, 0.1) is 5.41 Å². The third-order valence-corrected chi connectivity index (χ3v) is 5.33. The molecule has 2 aliphatic heterocycles. The third-order valence-electron chi connectivity index (χ3n) is 5.33. The minimum Gasteiger partial charge on any atom is -0.475 e. The van der Waals surface area contributed by atoms with Crippen LogP contribution < -0.4 is 0 Å². The molecule has 1 spiro atoms. The molecule has 3 heterocycles. The predicted molar refractivity (Wildman–Crippen MR) is 94.6 cm³/mol. The van der Waals surface area contributed by atoms with Crippen LogP contribution in [0.25, 0.3) is 0 Å². The van der Waals surface area contributed by atoms with Gasteiger partial charge in [-0.2, -0.15) is 13.2 Å². The molecule has 28 heavy (non-hydrogen) atoms. The highest BCUT2D eigenvalue weighted by Crippen LogP contribution is 2.41. The van der Waals surface area contributed by atoms with Crippen LogP contribution in [-0.4, -0.2) is 75.1 Å². The van der Waals surface area contributed by atoms with Crippen molar-refractivity contribution in [3.63, 3.8) is 0 Å². The Morgan fingerprint density at radius 3 is 2.14 bits per heavy atom. The molecule has 0 radical (unpaired) electrons. The molecule has 1 amide bonds. The number of carboxylic acids is 1. The van der Waals surface area contributed by atoms with Gasteiger partial charge in [-0.05, 0) is 45.1 Å². The van der Waals surface area contributed by atoms with Crippen molar-refractivity contribution in [3.05, 3.63) is 24.3 Å². The van der Waals surface area contributed by atoms with Crippen LogP contribution in [0.2, 0.25) is 0 Å². The zero-order valence-corrected chi connectivity index (χ0v) is 15.9. The Hall–Kier alpha value is -2.23. The fourth-order valence-corrected chi connectivity index (χ4v) is 3.57. The highest BCUT2D eigenvalue weighted by atomic mass is 19.4. The monoisotopic (exact) mass is 402 g/mol. The number of carboxylic acid groups (broad SMARTS) is 1. The van der Waals surface area contributed by atoms with Gasteiger partial charge in [0.25, 0.3) is 5.91 Å². The summed E-state index contributed by atoms with van der Waals surface area (Å²) in [6, 6.07) is 0.628. The standard InChI is InChI=1S/C16H24N4O.C2HF3O2/c1-13(2)20-10-5-16(12-20)3-8-19(9-4-16)15(21)14-11-17-6-7-18-14;3-2(4,5)1(6)7/h6-7,11,13H,3-5,8-10,12H2,1-2H3;(H,6,7). The zero-order valence-electron chi connectivity index (χ0n) is 15.9.